The van der Waals surface area contributed by atoms with Crippen LogP contribution in [0.3, 0.4) is 0 Å². The minimum absolute atomic E-state index is 0.0190. The van der Waals surface area contributed by atoms with Crippen LogP contribution in [0.1, 0.15) is 30.4 Å². The van der Waals surface area contributed by atoms with Gasteiger partial charge in [0.25, 0.3) is 0 Å². The van der Waals surface area contributed by atoms with Gasteiger partial charge in [0.15, 0.2) is 0 Å². The number of carbonyl (C=O) groups is 1. The van der Waals surface area contributed by atoms with Gasteiger partial charge in [-0.15, -0.1) is 0 Å². The van der Waals surface area contributed by atoms with Crippen molar-refractivity contribution < 1.29 is 42.0 Å². The summed E-state index contributed by atoms with van der Waals surface area (Å²) in [6.07, 6.45) is 1.41. The van der Waals surface area contributed by atoms with Crippen LogP contribution in [0.15, 0.2) is 42.5 Å². The molecule has 12 heteroatoms. The predicted molar refractivity (Wildman–Crippen MR) is 145 cm³/mol. The lowest BCUT2D eigenvalue weighted by Crippen LogP contribution is -2.44. The Morgan fingerprint density at radius 2 is 1.87 bits per heavy atom. The van der Waals surface area contributed by atoms with Crippen LogP contribution in [0.4, 0.5) is 4.79 Å². The van der Waals surface area contributed by atoms with Gasteiger partial charge in [-0.05, 0) is 55.4 Å². The molecule has 11 nitrogen and oxygen atoms in total. The summed E-state index contributed by atoms with van der Waals surface area (Å²) < 4.78 is 56.1. The normalized spacial score (nSPS) is 15.2. The average molecular weight is 567 g/mol. The van der Waals surface area contributed by atoms with Crippen molar-refractivity contribution in [3.05, 3.63) is 53.6 Å². The molecule has 2 N–H and O–H groups in total. The highest BCUT2D eigenvalue weighted by Gasteiger charge is 2.26. The van der Waals surface area contributed by atoms with Crippen LogP contribution in [0, 0.1) is 0 Å². The summed E-state index contributed by atoms with van der Waals surface area (Å²) in [4.78, 5) is 11.8. The number of methoxy groups -OCH3 is 2. The number of hydrogen-bond donors (Lipinski definition) is 2. The second-order valence-corrected chi connectivity index (χ2v) is 10.7. The number of carboxylic acid groups (broad SMARTS) is 1. The molecule has 0 bridgehead atoms. The summed E-state index contributed by atoms with van der Waals surface area (Å²) in [5.41, 5.74) is 1.63. The third-order valence-corrected chi connectivity index (χ3v) is 7.71. The summed E-state index contributed by atoms with van der Waals surface area (Å²) in [5.74, 6) is 1.85. The van der Waals surface area contributed by atoms with Crippen molar-refractivity contribution in [3.63, 3.8) is 0 Å². The fraction of sp³-hybridized carbons (Fsp3) is 0.519. The van der Waals surface area contributed by atoms with Gasteiger partial charge in [0.1, 0.15) is 30.5 Å². The first kappa shape index (κ1) is 30.5. The predicted octanol–water partition coefficient (Wildman–Crippen LogP) is 3.27. The van der Waals surface area contributed by atoms with E-state index in [4.69, 9.17) is 23.7 Å². The maximum Gasteiger partial charge on any atom is 0.422 e. The molecule has 0 aromatic heterocycles. The molecule has 1 aliphatic rings. The first-order chi connectivity index (χ1) is 18.8. The molecule has 2 aromatic carbocycles. The number of hydrogen-bond acceptors (Lipinski definition) is 8. The van der Waals surface area contributed by atoms with Crippen molar-refractivity contribution in [1.82, 2.24) is 9.03 Å². The minimum Gasteiger partial charge on any atom is -0.496 e. The van der Waals surface area contributed by atoms with Crippen molar-refractivity contribution in [1.29, 1.82) is 0 Å². The SMILES string of the molecule is COCCOc1ccc(CCCN(C(=O)O)S(=O)(=O)NCCc2ccccc2OC)c(OCC2CCCO2)c1. The summed E-state index contributed by atoms with van der Waals surface area (Å²) >= 11 is 0. The van der Waals surface area contributed by atoms with Gasteiger partial charge in [0.05, 0.1) is 19.8 Å². The molecular formula is C27H38N2O9S. The maximum absolute atomic E-state index is 12.8. The smallest absolute Gasteiger partial charge is 0.422 e. The molecule has 0 aliphatic carbocycles. The molecule has 1 atom stereocenters. The quantitative estimate of drug-likeness (QED) is 0.277. The summed E-state index contributed by atoms with van der Waals surface area (Å²) in [7, 11) is -1.12. The number of aryl methyl sites for hydroxylation is 1. The molecule has 1 saturated heterocycles. The Morgan fingerprint density at radius 3 is 2.59 bits per heavy atom. The van der Waals surface area contributed by atoms with Crippen LogP contribution in [0.2, 0.25) is 0 Å². The largest absolute Gasteiger partial charge is 0.496 e. The number of amides is 1. The van der Waals surface area contributed by atoms with Crippen molar-refractivity contribution in [3.8, 4) is 17.2 Å². The van der Waals surface area contributed by atoms with Crippen LogP contribution < -0.4 is 18.9 Å². The van der Waals surface area contributed by atoms with E-state index in [2.05, 4.69) is 4.72 Å². The minimum atomic E-state index is -4.25. The number of rotatable bonds is 17. The highest BCUT2D eigenvalue weighted by atomic mass is 32.2. The Bertz CT molecular complexity index is 1150. The monoisotopic (exact) mass is 566 g/mol. The molecule has 216 valence electrons. The number of nitrogens with one attached hydrogen (secondary N) is 1. The molecule has 0 radical (unpaired) electrons. The lowest BCUT2D eigenvalue weighted by molar-refractivity contribution is 0.0674. The second kappa shape index (κ2) is 15.5. The topological polar surface area (TPSA) is 133 Å². The zero-order valence-electron chi connectivity index (χ0n) is 22.5. The maximum atomic E-state index is 12.8. The number of benzene rings is 2. The molecular weight excluding hydrogens is 528 g/mol. The third-order valence-electron chi connectivity index (χ3n) is 6.23. The first-order valence-electron chi connectivity index (χ1n) is 12.9. The zero-order valence-corrected chi connectivity index (χ0v) is 23.3. The van der Waals surface area contributed by atoms with E-state index in [0.29, 0.717) is 60.8 Å². The Hall–Kier alpha value is -3.06. The van der Waals surface area contributed by atoms with Gasteiger partial charge >= 0.3 is 16.3 Å². The molecule has 1 unspecified atom stereocenters. The van der Waals surface area contributed by atoms with E-state index in [-0.39, 0.29) is 25.6 Å². The molecule has 0 spiro atoms. The third kappa shape index (κ3) is 9.57. The van der Waals surface area contributed by atoms with E-state index in [9.17, 15) is 18.3 Å². The van der Waals surface area contributed by atoms with Crippen molar-refractivity contribution >= 4 is 16.3 Å². The Labute approximate surface area is 230 Å². The molecule has 1 heterocycles. The van der Waals surface area contributed by atoms with E-state index in [0.717, 1.165) is 24.0 Å². The van der Waals surface area contributed by atoms with Gasteiger partial charge in [-0.1, -0.05) is 24.3 Å². The summed E-state index contributed by atoms with van der Waals surface area (Å²) in [5, 5.41) is 9.63. The number of ether oxygens (including phenoxy) is 5. The van der Waals surface area contributed by atoms with Crippen LogP contribution in [-0.2, 0) is 32.5 Å². The fourth-order valence-corrected chi connectivity index (χ4v) is 5.29. The Balaban J connectivity index is 1.60. The van der Waals surface area contributed by atoms with Crippen LogP contribution in [-0.4, -0.2) is 83.8 Å². The van der Waals surface area contributed by atoms with Crippen molar-refractivity contribution in [2.24, 2.45) is 0 Å². The molecule has 1 amide bonds. The van der Waals surface area contributed by atoms with Crippen LogP contribution in [0.5, 0.6) is 17.2 Å². The fourth-order valence-electron chi connectivity index (χ4n) is 4.20. The van der Waals surface area contributed by atoms with Crippen molar-refractivity contribution in [2.45, 2.75) is 38.2 Å². The van der Waals surface area contributed by atoms with E-state index in [1.54, 1.807) is 25.3 Å². The first-order valence-corrected chi connectivity index (χ1v) is 14.4. The van der Waals surface area contributed by atoms with Gasteiger partial charge in [0, 0.05) is 32.9 Å². The number of para-hydroxylation sites is 1. The van der Waals surface area contributed by atoms with Gasteiger partial charge in [0.2, 0.25) is 0 Å². The van der Waals surface area contributed by atoms with Gasteiger partial charge in [-0.2, -0.15) is 17.4 Å². The molecule has 3 rings (SSSR count). The standard InChI is InChI=1S/C27H38N2O9S/c1-34-17-18-37-23-12-11-21(26(19-23)38-20-24-9-6-16-36-24)8-5-15-29(27(30)31)39(32,33)28-14-13-22-7-3-4-10-25(22)35-2/h3-4,7,10-12,19,24,28H,5-6,8-9,13-18,20H2,1-2H3,(H,30,31). The van der Waals surface area contributed by atoms with Crippen molar-refractivity contribution in [2.75, 3.05) is 53.7 Å². The highest BCUT2D eigenvalue weighted by Crippen LogP contribution is 2.27. The van der Waals surface area contributed by atoms with Gasteiger partial charge < -0.3 is 28.8 Å². The summed E-state index contributed by atoms with van der Waals surface area (Å²) in [6, 6.07) is 12.7. The lowest BCUT2D eigenvalue weighted by atomic mass is 10.1. The second-order valence-electron chi connectivity index (χ2n) is 8.98. The van der Waals surface area contributed by atoms with Crippen LogP contribution in [0.25, 0.3) is 0 Å². The van der Waals surface area contributed by atoms with Gasteiger partial charge in [-0.25, -0.2) is 4.79 Å². The Kier molecular flexibility index (Phi) is 12.1. The molecule has 0 saturated carbocycles. The zero-order chi connectivity index (χ0) is 28.1. The van der Waals surface area contributed by atoms with Gasteiger partial charge in [-0.3, -0.25) is 0 Å². The van der Waals surface area contributed by atoms with E-state index < -0.39 is 16.3 Å². The molecule has 1 aliphatic heterocycles. The number of nitrogens with zero attached hydrogens (tertiary/aromatic N) is 1. The Morgan fingerprint density at radius 1 is 1.08 bits per heavy atom. The molecule has 1 fully saturated rings. The van der Waals surface area contributed by atoms with E-state index in [1.165, 1.54) is 7.11 Å². The summed E-state index contributed by atoms with van der Waals surface area (Å²) in [6.45, 7) is 1.75. The highest BCUT2D eigenvalue weighted by molar-refractivity contribution is 7.87. The molecule has 2 aromatic rings. The lowest BCUT2D eigenvalue weighted by Gasteiger charge is -2.20. The molecule has 39 heavy (non-hydrogen) atoms. The van der Waals surface area contributed by atoms with E-state index >= 15 is 0 Å². The van der Waals surface area contributed by atoms with E-state index in [1.807, 2.05) is 24.3 Å². The van der Waals surface area contributed by atoms with Crippen LogP contribution >= 0.6 is 0 Å². The average Bonchev–Trinajstić information content (AvgIpc) is 3.44.